The van der Waals surface area contributed by atoms with Crippen LogP contribution in [0.2, 0.25) is 0 Å². The first-order valence-corrected chi connectivity index (χ1v) is 8.67. The van der Waals surface area contributed by atoms with Crippen molar-refractivity contribution in [2.45, 2.75) is 37.5 Å². The Hall–Kier alpha value is -2.27. The molecule has 1 unspecified atom stereocenters. The van der Waals surface area contributed by atoms with E-state index in [-0.39, 0.29) is 11.1 Å². The highest BCUT2D eigenvalue weighted by Crippen LogP contribution is 2.55. The van der Waals surface area contributed by atoms with Crippen molar-refractivity contribution in [3.8, 4) is 16.9 Å². The van der Waals surface area contributed by atoms with Gasteiger partial charge in [0, 0.05) is 11.1 Å². The zero-order valence-corrected chi connectivity index (χ0v) is 14.4. The Balaban J connectivity index is 1.85. The molecule has 0 saturated carbocycles. The number of allylic oxidation sites excluding steroid dienone is 1. The molecule has 1 atom stereocenters. The first-order valence-electron chi connectivity index (χ1n) is 8.67. The summed E-state index contributed by atoms with van der Waals surface area (Å²) >= 11 is 0. The Labute approximate surface area is 150 Å². The molecule has 5 heteroatoms. The first-order chi connectivity index (χ1) is 12.4. The molecule has 26 heavy (non-hydrogen) atoms. The van der Waals surface area contributed by atoms with Gasteiger partial charge in [0.2, 0.25) is 5.60 Å². The predicted octanol–water partition coefficient (Wildman–Crippen LogP) is 5.59. The largest absolute Gasteiger partial charge is 0.494 e. The molecule has 0 fully saturated rings. The van der Waals surface area contributed by atoms with E-state index in [9.17, 15) is 18.3 Å². The Morgan fingerprint density at radius 1 is 1.00 bits per heavy atom. The summed E-state index contributed by atoms with van der Waals surface area (Å²) in [5.74, 6) is 0.336. The molecule has 2 nitrogen and oxygen atoms in total. The molecule has 0 bridgehead atoms. The molecule has 3 rings (SSSR count). The van der Waals surface area contributed by atoms with Gasteiger partial charge in [-0.15, -0.1) is 6.58 Å². The van der Waals surface area contributed by atoms with Gasteiger partial charge in [0.1, 0.15) is 5.75 Å². The summed E-state index contributed by atoms with van der Waals surface area (Å²) in [4.78, 5) is 0. The number of hydrogen-bond acceptors (Lipinski definition) is 2. The van der Waals surface area contributed by atoms with Crippen LogP contribution in [-0.2, 0) is 5.60 Å². The minimum Gasteiger partial charge on any atom is -0.494 e. The van der Waals surface area contributed by atoms with Gasteiger partial charge < -0.3 is 9.84 Å². The van der Waals surface area contributed by atoms with Crippen LogP contribution in [0.15, 0.2) is 55.1 Å². The van der Waals surface area contributed by atoms with Gasteiger partial charge in [-0.05, 0) is 48.9 Å². The number of halogens is 3. The van der Waals surface area contributed by atoms with Gasteiger partial charge in [-0.1, -0.05) is 36.4 Å². The zero-order chi connectivity index (χ0) is 18.8. The summed E-state index contributed by atoms with van der Waals surface area (Å²) in [5.41, 5.74) is -2.53. The van der Waals surface area contributed by atoms with Crippen molar-refractivity contribution < 1.29 is 23.0 Å². The monoisotopic (exact) mass is 362 g/mol. The standard InChI is InChI=1S/C21H21F3O2/c1-2-3-4-5-8-13-26-15-11-12-17-16-9-6-7-10-18(16)20(25,19(17)14-15)21(22,23)24/h2,6-7,9-12,14,25H,1,3-5,8,13H2. The molecule has 2 aromatic rings. The molecule has 0 aliphatic heterocycles. The van der Waals surface area contributed by atoms with Crippen molar-refractivity contribution in [2.75, 3.05) is 6.61 Å². The third kappa shape index (κ3) is 3.12. The maximum atomic E-state index is 13.8. The van der Waals surface area contributed by atoms with Gasteiger partial charge in [0.25, 0.3) is 0 Å². The number of alkyl halides is 3. The zero-order valence-electron chi connectivity index (χ0n) is 14.4. The molecule has 0 saturated heterocycles. The van der Waals surface area contributed by atoms with Crippen LogP contribution in [0.3, 0.4) is 0 Å². The molecule has 138 valence electrons. The maximum absolute atomic E-state index is 13.8. The number of rotatable bonds is 7. The molecule has 0 amide bonds. The molecule has 0 radical (unpaired) electrons. The lowest BCUT2D eigenvalue weighted by Crippen LogP contribution is -2.41. The van der Waals surface area contributed by atoms with E-state index in [2.05, 4.69) is 6.58 Å². The molecular formula is C21H21F3O2. The van der Waals surface area contributed by atoms with Crippen LogP contribution in [0, 0.1) is 0 Å². The highest BCUT2D eigenvalue weighted by atomic mass is 19.4. The highest BCUT2D eigenvalue weighted by Gasteiger charge is 2.60. The molecular weight excluding hydrogens is 341 g/mol. The van der Waals surface area contributed by atoms with Crippen molar-refractivity contribution in [1.82, 2.24) is 0 Å². The fraction of sp³-hybridized carbons (Fsp3) is 0.333. The molecule has 1 aliphatic rings. The van der Waals surface area contributed by atoms with Gasteiger partial charge >= 0.3 is 6.18 Å². The van der Waals surface area contributed by atoms with E-state index >= 15 is 0 Å². The summed E-state index contributed by atoms with van der Waals surface area (Å²) < 4.78 is 46.9. The Morgan fingerprint density at radius 3 is 2.46 bits per heavy atom. The molecule has 2 aromatic carbocycles. The van der Waals surface area contributed by atoms with E-state index < -0.39 is 11.8 Å². The van der Waals surface area contributed by atoms with Crippen molar-refractivity contribution >= 4 is 0 Å². The lowest BCUT2D eigenvalue weighted by molar-refractivity contribution is -0.246. The van der Waals surface area contributed by atoms with Crippen LogP contribution >= 0.6 is 0 Å². The van der Waals surface area contributed by atoms with Crippen molar-refractivity contribution in [3.05, 3.63) is 66.2 Å². The molecule has 1 N–H and O–H groups in total. The molecule has 0 spiro atoms. The topological polar surface area (TPSA) is 29.5 Å². The Kier molecular flexibility index (Phi) is 5.10. The van der Waals surface area contributed by atoms with Crippen LogP contribution in [0.25, 0.3) is 11.1 Å². The normalized spacial score (nSPS) is 18.3. The van der Waals surface area contributed by atoms with Crippen molar-refractivity contribution in [3.63, 3.8) is 0 Å². The van der Waals surface area contributed by atoms with Gasteiger partial charge in [-0.2, -0.15) is 13.2 Å². The van der Waals surface area contributed by atoms with Gasteiger partial charge in [-0.25, -0.2) is 0 Å². The van der Waals surface area contributed by atoms with Crippen LogP contribution < -0.4 is 4.74 Å². The van der Waals surface area contributed by atoms with E-state index in [0.29, 0.717) is 23.5 Å². The lowest BCUT2D eigenvalue weighted by atomic mass is 9.91. The van der Waals surface area contributed by atoms with Gasteiger partial charge in [0.05, 0.1) is 6.61 Å². The summed E-state index contributed by atoms with van der Waals surface area (Å²) in [5, 5.41) is 10.6. The minimum atomic E-state index is -4.82. The quantitative estimate of drug-likeness (QED) is 0.514. The molecule has 1 aliphatic carbocycles. The molecule has 0 aromatic heterocycles. The van der Waals surface area contributed by atoms with Crippen molar-refractivity contribution in [1.29, 1.82) is 0 Å². The number of ether oxygens (including phenoxy) is 1. The van der Waals surface area contributed by atoms with Crippen LogP contribution in [0.4, 0.5) is 13.2 Å². The number of fused-ring (bicyclic) bond motifs is 3. The number of hydrogen-bond donors (Lipinski definition) is 1. The average molecular weight is 362 g/mol. The summed E-state index contributed by atoms with van der Waals surface area (Å²) in [6.45, 7) is 4.09. The van der Waals surface area contributed by atoms with Gasteiger partial charge in [-0.3, -0.25) is 0 Å². The second-order valence-electron chi connectivity index (χ2n) is 6.45. The lowest BCUT2D eigenvalue weighted by Gasteiger charge is -2.28. The Morgan fingerprint density at radius 2 is 1.73 bits per heavy atom. The SMILES string of the molecule is C=CCCCCCOc1ccc2c(c1)C(O)(C(F)(F)F)c1ccccc1-2. The Bertz CT molecular complexity index is 798. The summed E-state index contributed by atoms with van der Waals surface area (Å²) in [6.07, 6.45) is 0.772. The average Bonchev–Trinajstić information content (AvgIpc) is 2.88. The van der Waals surface area contributed by atoms with Crippen LogP contribution in [0.5, 0.6) is 5.75 Å². The van der Waals surface area contributed by atoms with E-state index in [1.165, 1.54) is 18.2 Å². The fourth-order valence-electron chi connectivity index (χ4n) is 3.39. The van der Waals surface area contributed by atoms with Crippen LogP contribution in [0.1, 0.15) is 36.8 Å². The number of unbranched alkanes of at least 4 members (excludes halogenated alkanes) is 3. The molecule has 0 heterocycles. The highest BCUT2D eigenvalue weighted by molar-refractivity contribution is 5.81. The van der Waals surface area contributed by atoms with Crippen LogP contribution in [-0.4, -0.2) is 17.9 Å². The van der Waals surface area contributed by atoms with Gasteiger partial charge in [0.15, 0.2) is 0 Å². The second kappa shape index (κ2) is 7.16. The number of aliphatic hydroxyl groups is 1. The van der Waals surface area contributed by atoms with E-state index in [0.717, 1.165) is 25.7 Å². The smallest absolute Gasteiger partial charge is 0.425 e. The summed E-state index contributed by atoms with van der Waals surface area (Å²) in [6, 6.07) is 10.6. The van der Waals surface area contributed by atoms with E-state index in [4.69, 9.17) is 4.74 Å². The van der Waals surface area contributed by atoms with E-state index in [1.54, 1.807) is 24.3 Å². The first kappa shape index (κ1) is 18.5. The second-order valence-corrected chi connectivity index (χ2v) is 6.45. The van der Waals surface area contributed by atoms with Crippen molar-refractivity contribution in [2.24, 2.45) is 0 Å². The maximum Gasteiger partial charge on any atom is 0.425 e. The third-order valence-electron chi connectivity index (χ3n) is 4.72. The fourth-order valence-corrected chi connectivity index (χ4v) is 3.39. The van der Waals surface area contributed by atoms with E-state index in [1.807, 2.05) is 6.08 Å². The third-order valence-corrected chi connectivity index (χ3v) is 4.72. The predicted molar refractivity (Wildman–Crippen MR) is 95.1 cm³/mol. The minimum absolute atomic E-state index is 0.135. The summed E-state index contributed by atoms with van der Waals surface area (Å²) in [7, 11) is 0. The number of benzene rings is 2.